The molecule has 1 rings (SSSR count). The SMILES string of the molecule is CC(C)(O)CN1CC(C)(C)C1. The van der Waals surface area contributed by atoms with E-state index >= 15 is 0 Å². The number of nitrogens with zero attached hydrogens (tertiary/aromatic N) is 1. The first-order valence-electron chi connectivity index (χ1n) is 4.23. The molecular formula is C9H19NO. The molecule has 0 bridgehead atoms. The Kier molecular flexibility index (Phi) is 2.01. The average molecular weight is 157 g/mol. The second-order valence-corrected chi connectivity index (χ2v) is 5.12. The van der Waals surface area contributed by atoms with Crippen LogP contribution in [0.4, 0.5) is 0 Å². The topological polar surface area (TPSA) is 23.5 Å². The molecule has 0 radical (unpaired) electrons. The Hall–Kier alpha value is -0.0800. The van der Waals surface area contributed by atoms with Gasteiger partial charge in [0.05, 0.1) is 5.60 Å². The predicted molar refractivity (Wildman–Crippen MR) is 46.5 cm³/mol. The first kappa shape index (κ1) is 9.01. The molecular weight excluding hydrogens is 138 g/mol. The third kappa shape index (κ3) is 2.80. The summed E-state index contributed by atoms with van der Waals surface area (Å²) in [5.74, 6) is 0. The van der Waals surface area contributed by atoms with Crippen LogP contribution in [0.1, 0.15) is 27.7 Å². The van der Waals surface area contributed by atoms with Crippen LogP contribution < -0.4 is 0 Å². The lowest BCUT2D eigenvalue weighted by molar-refractivity contribution is -0.0377. The zero-order valence-electron chi connectivity index (χ0n) is 8.02. The number of hydrogen-bond donors (Lipinski definition) is 1. The zero-order chi connectivity index (χ0) is 8.70. The zero-order valence-corrected chi connectivity index (χ0v) is 8.02. The molecule has 1 N–H and O–H groups in total. The Balaban J connectivity index is 2.24. The maximum Gasteiger partial charge on any atom is 0.0718 e. The van der Waals surface area contributed by atoms with Crippen molar-refractivity contribution in [2.45, 2.75) is 33.3 Å². The van der Waals surface area contributed by atoms with Gasteiger partial charge in [-0.25, -0.2) is 0 Å². The van der Waals surface area contributed by atoms with Crippen LogP contribution >= 0.6 is 0 Å². The summed E-state index contributed by atoms with van der Waals surface area (Å²) in [6, 6.07) is 0. The van der Waals surface area contributed by atoms with E-state index in [0.29, 0.717) is 5.41 Å². The molecule has 0 saturated carbocycles. The summed E-state index contributed by atoms with van der Waals surface area (Å²) in [4.78, 5) is 2.29. The predicted octanol–water partition coefficient (Wildman–Crippen LogP) is 1.10. The van der Waals surface area contributed by atoms with E-state index in [1.165, 1.54) is 0 Å². The summed E-state index contributed by atoms with van der Waals surface area (Å²) in [5, 5.41) is 9.48. The molecule has 1 saturated heterocycles. The van der Waals surface area contributed by atoms with Crippen molar-refractivity contribution in [2.24, 2.45) is 5.41 Å². The second kappa shape index (κ2) is 2.46. The van der Waals surface area contributed by atoms with Crippen LogP contribution in [0.5, 0.6) is 0 Å². The highest BCUT2D eigenvalue weighted by molar-refractivity contribution is 4.89. The minimum Gasteiger partial charge on any atom is -0.389 e. The Bertz CT molecular complexity index is 138. The van der Waals surface area contributed by atoms with Gasteiger partial charge < -0.3 is 5.11 Å². The van der Waals surface area contributed by atoms with Crippen LogP contribution in [0.2, 0.25) is 0 Å². The van der Waals surface area contributed by atoms with E-state index in [-0.39, 0.29) is 0 Å². The molecule has 0 aliphatic carbocycles. The summed E-state index contributed by atoms with van der Waals surface area (Å²) in [5.41, 5.74) is -0.0538. The van der Waals surface area contributed by atoms with Crippen molar-refractivity contribution in [2.75, 3.05) is 19.6 Å². The van der Waals surface area contributed by atoms with E-state index in [4.69, 9.17) is 0 Å². The highest BCUT2D eigenvalue weighted by Gasteiger charge is 2.35. The molecule has 0 aromatic rings. The van der Waals surface area contributed by atoms with Gasteiger partial charge in [0, 0.05) is 19.6 Å². The Morgan fingerprint density at radius 3 is 2.09 bits per heavy atom. The molecule has 11 heavy (non-hydrogen) atoms. The highest BCUT2D eigenvalue weighted by Crippen LogP contribution is 2.29. The molecule has 2 heteroatoms. The lowest BCUT2D eigenvalue weighted by Crippen LogP contribution is -2.56. The molecule has 1 aliphatic rings. The summed E-state index contributed by atoms with van der Waals surface area (Å²) < 4.78 is 0. The van der Waals surface area contributed by atoms with Crippen molar-refractivity contribution in [3.8, 4) is 0 Å². The summed E-state index contributed by atoms with van der Waals surface area (Å²) in [7, 11) is 0. The van der Waals surface area contributed by atoms with E-state index in [0.717, 1.165) is 19.6 Å². The smallest absolute Gasteiger partial charge is 0.0718 e. The van der Waals surface area contributed by atoms with Crippen molar-refractivity contribution in [3.05, 3.63) is 0 Å². The maximum absolute atomic E-state index is 9.48. The monoisotopic (exact) mass is 157 g/mol. The minimum atomic E-state index is -0.531. The van der Waals surface area contributed by atoms with Gasteiger partial charge in [-0.05, 0) is 19.3 Å². The summed E-state index contributed by atoms with van der Waals surface area (Å²) in [6.45, 7) is 11.3. The highest BCUT2D eigenvalue weighted by atomic mass is 16.3. The number of aliphatic hydroxyl groups is 1. The first-order valence-corrected chi connectivity index (χ1v) is 4.23. The first-order chi connectivity index (χ1) is 4.79. The van der Waals surface area contributed by atoms with E-state index in [1.54, 1.807) is 0 Å². The number of rotatable bonds is 2. The minimum absolute atomic E-state index is 0.477. The number of likely N-dealkylation sites (tertiary alicyclic amines) is 1. The number of hydrogen-bond acceptors (Lipinski definition) is 2. The second-order valence-electron chi connectivity index (χ2n) is 5.12. The van der Waals surface area contributed by atoms with Crippen LogP contribution in [-0.2, 0) is 0 Å². The fourth-order valence-corrected chi connectivity index (χ4v) is 1.82. The third-order valence-electron chi connectivity index (χ3n) is 1.91. The third-order valence-corrected chi connectivity index (χ3v) is 1.91. The van der Waals surface area contributed by atoms with Crippen LogP contribution in [-0.4, -0.2) is 35.2 Å². The Labute approximate surface area is 69.2 Å². The van der Waals surface area contributed by atoms with Crippen LogP contribution in [0.25, 0.3) is 0 Å². The molecule has 1 aliphatic heterocycles. The van der Waals surface area contributed by atoms with Gasteiger partial charge in [-0.15, -0.1) is 0 Å². The van der Waals surface area contributed by atoms with Gasteiger partial charge in [-0.3, -0.25) is 4.90 Å². The average Bonchev–Trinajstić information content (AvgIpc) is 1.53. The largest absolute Gasteiger partial charge is 0.389 e. The van der Waals surface area contributed by atoms with Crippen molar-refractivity contribution in [3.63, 3.8) is 0 Å². The molecule has 1 heterocycles. The Morgan fingerprint density at radius 2 is 1.82 bits per heavy atom. The standard InChI is InChI=1S/C9H19NO/c1-8(2)5-10(6-8)7-9(3,4)11/h11H,5-7H2,1-4H3. The van der Waals surface area contributed by atoms with E-state index in [9.17, 15) is 5.11 Å². The molecule has 0 aromatic heterocycles. The van der Waals surface area contributed by atoms with Gasteiger partial charge in [-0.2, -0.15) is 0 Å². The number of β-amino-alcohol motifs (C(OH)–C–C–N with tert-alkyl or cyclic N) is 1. The van der Waals surface area contributed by atoms with Crippen LogP contribution in [0, 0.1) is 5.41 Å². The molecule has 0 aromatic carbocycles. The van der Waals surface area contributed by atoms with E-state index in [2.05, 4.69) is 18.7 Å². The van der Waals surface area contributed by atoms with E-state index in [1.807, 2.05) is 13.8 Å². The van der Waals surface area contributed by atoms with Gasteiger partial charge in [-0.1, -0.05) is 13.8 Å². The molecule has 66 valence electrons. The quantitative estimate of drug-likeness (QED) is 0.649. The molecule has 1 fully saturated rings. The Morgan fingerprint density at radius 1 is 1.36 bits per heavy atom. The molecule has 0 atom stereocenters. The molecule has 0 unspecified atom stereocenters. The van der Waals surface area contributed by atoms with Crippen molar-refractivity contribution >= 4 is 0 Å². The molecule has 2 nitrogen and oxygen atoms in total. The van der Waals surface area contributed by atoms with Gasteiger partial charge in [0.15, 0.2) is 0 Å². The molecule has 0 spiro atoms. The van der Waals surface area contributed by atoms with Gasteiger partial charge in [0.25, 0.3) is 0 Å². The van der Waals surface area contributed by atoms with Gasteiger partial charge in [0.1, 0.15) is 0 Å². The van der Waals surface area contributed by atoms with Crippen LogP contribution in [0.3, 0.4) is 0 Å². The summed E-state index contributed by atoms with van der Waals surface area (Å²) >= 11 is 0. The van der Waals surface area contributed by atoms with Gasteiger partial charge in [0.2, 0.25) is 0 Å². The summed E-state index contributed by atoms with van der Waals surface area (Å²) in [6.07, 6.45) is 0. The lowest BCUT2D eigenvalue weighted by Gasteiger charge is -2.47. The van der Waals surface area contributed by atoms with Crippen molar-refractivity contribution in [1.29, 1.82) is 0 Å². The van der Waals surface area contributed by atoms with Crippen molar-refractivity contribution in [1.82, 2.24) is 4.90 Å². The van der Waals surface area contributed by atoms with E-state index < -0.39 is 5.60 Å². The van der Waals surface area contributed by atoms with Crippen molar-refractivity contribution < 1.29 is 5.11 Å². The molecule has 0 amide bonds. The normalized spacial score (nSPS) is 24.8. The maximum atomic E-state index is 9.48. The van der Waals surface area contributed by atoms with Gasteiger partial charge >= 0.3 is 0 Å². The van der Waals surface area contributed by atoms with Crippen LogP contribution in [0.15, 0.2) is 0 Å². The fraction of sp³-hybridized carbons (Fsp3) is 1.00. The lowest BCUT2D eigenvalue weighted by atomic mass is 9.83. The fourth-order valence-electron chi connectivity index (χ4n) is 1.82.